The third-order valence-electron chi connectivity index (χ3n) is 3.64. The lowest BCUT2D eigenvalue weighted by Gasteiger charge is -2.15. The van der Waals surface area contributed by atoms with Crippen LogP contribution in [0.15, 0.2) is 9.17 Å². The fourth-order valence-electron chi connectivity index (χ4n) is 2.32. The summed E-state index contributed by atoms with van der Waals surface area (Å²) in [5, 5.41) is 2.23. The molecular weight excluding hydrogens is 387 g/mol. The van der Waals surface area contributed by atoms with Gasteiger partial charge in [-0.25, -0.2) is 9.18 Å². The minimum absolute atomic E-state index is 0.0884. The zero-order valence-corrected chi connectivity index (χ0v) is 16.0. The number of hydrogen-bond donors (Lipinski definition) is 0. The number of ether oxygens (including phenoxy) is 1. The Labute approximate surface area is 146 Å². The normalized spacial score (nSPS) is 12.7. The van der Waals surface area contributed by atoms with E-state index in [0.29, 0.717) is 5.39 Å². The maximum absolute atomic E-state index is 14.3. The summed E-state index contributed by atoms with van der Waals surface area (Å²) in [7, 11) is 0. The van der Waals surface area contributed by atoms with E-state index in [1.54, 1.807) is 5.38 Å². The van der Waals surface area contributed by atoms with Gasteiger partial charge in [0.25, 0.3) is 0 Å². The molecule has 22 heavy (non-hydrogen) atoms. The molecule has 2 aromatic rings. The fraction of sp³-hybridized carbons (Fsp3) is 0.562. The third-order valence-corrected chi connectivity index (χ3v) is 6.93. The highest BCUT2D eigenvalue weighted by Gasteiger charge is 2.24. The topological polar surface area (TPSA) is 26.3 Å². The number of rotatable bonds is 8. The molecule has 1 unspecified atom stereocenters. The van der Waals surface area contributed by atoms with E-state index in [2.05, 4.69) is 22.9 Å². The number of halogens is 2. The zero-order chi connectivity index (χ0) is 16.1. The van der Waals surface area contributed by atoms with Crippen LogP contribution >= 0.6 is 38.6 Å². The minimum atomic E-state index is -0.530. The first-order valence-electron chi connectivity index (χ1n) is 7.64. The summed E-state index contributed by atoms with van der Waals surface area (Å²) >= 11 is 5.98. The van der Waals surface area contributed by atoms with Gasteiger partial charge in [-0.15, -0.1) is 22.7 Å². The van der Waals surface area contributed by atoms with Crippen molar-refractivity contribution in [3.8, 4) is 0 Å². The van der Waals surface area contributed by atoms with E-state index in [1.165, 1.54) is 24.2 Å². The number of thiophene rings is 2. The lowest BCUT2D eigenvalue weighted by molar-refractivity contribution is 0.0268. The number of carbonyl (C=O) groups excluding carboxylic acids is 1. The highest BCUT2D eigenvalue weighted by molar-refractivity contribution is 9.11. The summed E-state index contributed by atoms with van der Waals surface area (Å²) in [4.78, 5) is 12.3. The molecule has 2 heterocycles. The van der Waals surface area contributed by atoms with Gasteiger partial charge in [0.05, 0.1) is 8.49 Å². The van der Waals surface area contributed by atoms with Crippen LogP contribution in [0.25, 0.3) is 10.1 Å². The largest absolute Gasteiger partial charge is 0.458 e. The zero-order valence-electron chi connectivity index (χ0n) is 12.8. The lowest BCUT2D eigenvalue weighted by atomic mass is 10.1. The van der Waals surface area contributed by atoms with Gasteiger partial charge in [-0.2, -0.15) is 0 Å². The van der Waals surface area contributed by atoms with E-state index in [9.17, 15) is 9.18 Å². The molecule has 0 bridgehead atoms. The molecule has 0 aromatic carbocycles. The van der Waals surface area contributed by atoms with Crippen LogP contribution in [0, 0.1) is 5.82 Å². The van der Waals surface area contributed by atoms with Gasteiger partial charge in [0.15, 0.2) is 5.82 Å². The fourth-order valence-corrected chi connectivity index (χ4v) is 4.93. The molecule has 0 aliphatic rings. The van der Waals surface area contributed by atoms with Crippen LogP contribution in [0.5, 0.6) is 0 Å². The van der Waals surface area contributed by atoms with Crippen molar-refractivity contribution in [2.45, 2.75) is 58.5 Å². The average molecular weight is 407 g/mol. The summed E-state index contributed by atoms with van der Waals surface area (Å²) in [6.45, 7) is 4.16. The number of unbranched alkanes of at least 4 members (excludes halogenated alkanes) is 3. The van der Waals surface area contributed by atoms with Crippen LogP contribution in [0.4, 0.5) is 4.39 Å². The number of esters is 1. The van der Waals surface area contributed by atoms with Crippen molar-refractivity contribution in [3.63, 3.8) is 0 Å². The van der Waals surface area contributed by atoms with Crippen LogP contribution in [-0.4, -0.2) is 12.1 Å². The molecule has 6 heteroatoms. The summed E-state index contributed by atoms with van der Waals surface area (Å²) in [6.07, 6.45) is 6.09. The van der Waals surface area contributed by atoms with Crippen molar-refractivity contribution < 1.29 is 13.9 Å². The first kappa shape index (κ1) is 17.9. The second kappa shape index (κ2) is 8.41. The Morgan fingerprint density at radius 2 is 2.14 bits per heavy atom. The van der Waals surface area contributed by atoms with Crippen molar-refractivity contribution in [2.24, 2.45) is 0 Å². The molecule has 0 saturated carbocycles. The molecule has 122 valence electrons. The molecule has 0 amide bonds. The molecular formula is C16H20BrFO2S2. The highest BCUT2D eigenvalue weighted by atomic mass is 79.9. The van der Waals surface area contributed by atoms with Crippen LogP contribution < -0.4 is 0 Å². The summed E-state index contributed by atoms with van der Waals surface area (Å²) in [5.41, 5.74) is 0. The molecule has 0 spiro atoms. The van der Waals surface area contributed by atoms with E-state index in [0.717, 1.165) is 45.5 Å². The molecule has 0 saturated heterocycles. The van der Waals surface area contributed by atoms with Crippen molar-refractivity contribution in [1.29, 1.82) is 0 Å². The van der Waals surface area contributed by atoms with E-state index < -0.39 is 11.8 Å². The smallest absolute Gasteiger partial charge is 0.351 e. The maximum atomic E-state index is 14.3. The first-order valence-corrected chi connectivity index (χ1v) is 10.1. The maximum Gasteiger partial charge on any atom is 0.351 e. The molecule has 2 rings (SSSR count). The van der Waals surface area contributed by atoms with Gasteiger partial charge >= 0.3 is 5.97 Å². The van der Waals surface area contributed by atoms with Crippen molar-refractivity contribution in [3.05, 3.63) is 19.9 Å². The summed E-state index contributed by atoms with van der Waals surface area (Å²) in [5.74, 6) is -0.981. The van der Waals surface area contributed by atoms with Crippen LogP contribution in [0.2, 0.25) is 0 Å². The quantitative estimate of drug-likeness (QED) is 0.357. The molecule has 0 radical (unpaired) electrons. The van der Waals surface area contributed by atoms with E-state index in [4.69, 9.17) is 4.74 Å². The number of carbonyl (C=O) groups is 1. The average Bonchev–Trinajstić information content (AvgIpc) is 3.03. The molecule has 2 nitrogen and oxygen atoms in total. The number of fused-ring (bicyclic) bond motifs is 1. The summed E-state index contributed by atoms with van der Waals surface area (Å²) in [6, 6.07) is 0. The van der Waals surface area contributed by atoms with Gasteiger partial charge in [-0.3, -0.25) is 0 Å². The molecule has 1 atom stereocenters. The van der Waals surface area contributed by atoms with Gasteiger partial charge in [-0.1, -0.05) is 33.1 Å². The second-order valence-electron chi connectivity index (χ2n) is 5.28. The third kappa shape index (κ3) is 4.09. The van der Waals surface area contributed by atoms with E-state index >= 15 is 0 Å². The Morgan fingerprint density at radius 1 is 1.36 bits per heavy atom. The Balaban J connectivity index is 2.01. The Hall–Kier alpha value is -0.460. The van der Waals surface area contributed by atoms with Gasteiger partial charge < -0.3 is 4.74 Å². The first-order chi connectivity index (χ1) is 10.6. The second-order valence-corrected chi connectivity index (χ2v) is 8.50. The van der Waals surface area contributed by atoms with Crippen molar-refractivity contribution in [2.75, 3.05) is 0 Å². The Bertz CT molecular complexity index is 635. The Morgan fingerprint density at radius 3 is 2.77 bits per heavy atom. The van der Waals surface area contributed by atoms with E-state index in [-0.39, 0.29) is 11.0 Å². The highest BCUT2D eigenvalue weighted by Crippen LogP contribution is 2.40. The molecule has 2 aromatic heterocycles. The van der Waals surface area contributed by atoms with Crippen LogP contribution in [0.1, 0.15) is 62.0 Å². The number of hydrogen-bond acceptors (Lipinski definition) is 4. The van der Waals surface area contributed by atoms with Gasteiger partial charge in [0.2, 0.25) is 0 Å². The van der Waals surface area contributed by atoms with E-state index in [1.807, 2.05) is 6.92 Å². The molecule has 0 fully saturated rings. The molecule has 0 aliphatic heterocycles. The van der Waals surface area contributed by atoms with Crippen LogP contribution in [0.3, 0.4) is 0 Å². The van der Waals surface area contributed by atoms with Crippen molar-refractivity contribution in [1.82, 2.24) is 0 Å². The minimum Gasteiger partial charge on any atom is -0.458 e. The molecule has 0 aliphatic carbocycles. The lowest BCUT2D eigenvalue weighted by Crippen LogP contribution is -2.17. The standard InChI is InChI=1S/C16H20BrFO2S2/c1-3-5-6-7-8-10(4-2)20-16(19)14-12(18)11-9-21-15(17)13(11)22-14/h9-10H,3-8H2,1-2H3. The monoisotopic (exact) mass is 406 g/mol. The summed E-state index contributed by atoms with van der Waals surface area (Å²) < 4.78 is 21.4. The van der Waals surface area contributed by atoms with Crippen LogP contribution in [-0.2, 0) is 4.74 Å². The predicted molar refractivity (Wildman–Crippen MR) is 95.6 cm³/mol. The van der Waals surface area contributed by atoms with Gasteiger partial charge in [0.1, 0.15) is 11.0 Å². The molecule has 0 N–H and O–H groups in total. The van der Waals surface area contributed by atoms with Gasteiger partial charge in [-0.05, 0) is 35.2 Å². The Kier molecular flexibility index (Phi) is 6.84. The van der Waals surface area contributed by atoms with Crippen molar-refractivity contribution >= 4 is 54.7 Å². The SMILES string of the molecule is CCCCCCC(CC)OC(=O)c1sc2c(Br)scc2c1F. The predicted octanol–water partition coefficient (Wildman–Crippen LogP) is 6.77. The van der Waals surface area contributed by atoms with Gasteiger partial charge in [0, 0.05) is 10.8 Å².